The molecule has 0 saturated carbocycles. The van der Waals surface area contributed by atoms with Crippen LogP contribution in [-0.4, -0.2) is 31.3 Å². The van der Waals surface area contributed by atoms with Gasteiger partial charge in [0.05, 0.1) is 5.75 Å². The summed E-state index contributed by atoms with van der Waals surface area (Å²) in [5.74, 6) is 1.86. The maximum Gasteiger partial charge on any atom is 0.230 e. The number of hydrogen-bond donors (Lipinski definition) is 2. The molecule has 0 aromatic heterocycles. The van der Waals surface area contributed by atoms with Gasteiger partial charge in [0.15, 0.2) is 0 Å². The molecule has 1 aliphatic heterocycles. The van der Waals surface area contributed by atoms with Crippen molar-refractivity contribution in [3.8, 4) is 0 Å². The van der Waals surface area contributed by atoms with E-state index in [4.69, 9.17) is 23.2 Å². The molecule has 1 fully saturated rings. The summed E-state index contributed by atoms with van der Waals surface area (Å²) in [6, 6.07) is 5.44. The summed E-state index contributed by atoms with van der Waals surface area (Å²) < 4.78 is 0. The zero-order valence-electron chi connectivity index (χ0n) is 10.8. The normalized spacial score (nSPS) is 14.3. The third kappa shape index (κ3) is 5.70. The van der Waals surface area contributed by atoms with Gasteiger partial charge >= 0.3 is 0 Å². The van der Waals surface area contributed by atoms with E-state index in [2.05, 4.69) is 10.6 Å². The van der Waals surface area contributed by atoms with Gasteiger partial charge in [0.25, 0.3) is 0 Å². The summed E-state index contributed by atoms with van der Waals surface area (Å²) >= 11 is 13.5. The van der Waals surface area contributed by atoms with E-state index in [0.717, 1.165) is 25.2 Å². The van der Waals surface area contributed by atoms with Crippen LogP contribution in [0.5, 0.6) is 0 Å². The maximum absolute atomic E-state index is 11.6. The molecule has 0 spiro atoms. The summed E-state index contributed by atoms with van der Waals surface area (Å²) in [4.78, 5) is 11.6. The summed E-state index contributed by atoms with van der Waals surface area (Å²) in [5.41, 5.74) is 1.01. The molecule has 2 N–H and O–H groups in total. The number of amides is 1. The van der Waals surface area contributed by atoms with Gasteiger partial charge in [-0.15, -0.1) is 24.2 Å². The smallest absolute Gasteiger partial charge is 0.230 e. The van der Waals surface area contributed by atoms with E-state index in [-0.39, 0.29) is 18.3 Å². The fourth-order valence-corrected chi connectivity index (χ4v) is 3.11. The first-order valence-electron chi connectivity index (χ1n) is 6.14. The minimum absolute atomic E-state index is 0. The molecule has 3 nitrogen and oxygen atoms in total. The summed E-state index contributed by atoms with van der Waals surface area (Å²) in [7, 11) is 0. The van der Waals surface area contributed by atoms with Crippen LogP contribution in [0.3, 0.4) is 0 Å². The molecule has 0 bridgehead atoms. The second-order valence-electron chi connectivity index (χ2n) is 4.56. The molecule has 0 atom stereocenters. The number of hydrogen-bond acceptors (Lipinski definition) is 3. The lowest BCUT2D eigenvalue weighted by atomic mass is 10.0. The fraction of sp³-hybridized carbons (Fsp3) is 0.462. The van der Waals surface area contributed by atoms with E-state index < -0.39 is 0 Å². The second kappa shape index (κ2) is 9.00. The quantitative estimate of drug-likeness (QED) is 0.824. The monoisotopic (exact) mass is 354 g/mol. The highest BCUT2D eigenvalue weighted by Crippen LogP contribution is 2.24. The highest BCUT2D eigenvalue weighted by molar-refractivity contribution is 7.99. The van der Waals surface area contributed by atoms with E-state index in [1.807, 2.05) is 12.1 Å². The van der Waals surface area contributed by atoms with Crippen LogP contribution in [0.4, 0.5) is 0 Å². The van der Waals surface area contributed by atoms with Crippen molar-refractivity contribution < 1.29 is 4.79 Å². The molecule has 0 aliphatic carbocycles. The lowest BCUT2D eigenvalue weighted by molar-refractivity contribution is -0.118. The first-order chi connectivity index (χ1) is 9.15. The molecule has 1 amide bonds. The summed E-state index contributed by atoms with van der Waals surface area (Å²) in [6.45, 7) is 2.79. The molecule has 1 heterocycles. The molecule has 7 heteroatoms. The minimum Gasteiger partial charge on any atom is -0.355 e. The highest BCUT2D eigenvalue weighted by atomic mass is 35.5. The SMILES string of the molecule is Cl.O=C(CSCc1ccc(Cl)cc1Cl)NCC1CNC1. The number of carbonyl (C=O) groups is 1. The molecule has 0 radical (unpaired) electrons. The van der Waals surface area contributed by atoms with Crippen molar-refractivity contribution in [2.24, 2.45) is 5.92 Å². The Kier molecular flexibility index (Phi) is 8.07. The predicted molar refractivity (Wildman–Crippen MR) is 89.2 cm³/mol. The number of halogens is 3. The topological polar surface area (TPSA) is 41.1 Å². The molecule has 0 unspecified atom stereocenters. The largest absolute Gasteiger partial charge is 0.355 e. The van der Waals surface area contributed by atoms with Crippen LogP contribution >= 0.6 is 47.4 Å². The van der Waals surface area contributed by atoms with Crippen LogP contribution < -0.4 is 10.6 Å². The van der Waals surface area contributed by atoms with Crippen molar-refractivity contribution in [2.75, 3.05) is 25.4 Å². The standard InChI is InChI=1S/C13H16Cl2N2OS.ClH/c14-11-2-1-10(12(15)3-11)7-19-8-13(18)17-6-9-4-16-5-9;/h1-3,9,16H,4-8H2,(H,17,18);1H. The Labute approximate surface area is 139 Å². The minimum atomic E-state index is 0. The third-order valence-electron chi connectivity index (χ3n) is 2.96. The Balaban J connectivity index is 0.00000200. The predicted octanol–water partition coefficient (Wildman–Crippen LogP) is 2.98. The van der Waals surface area contributed by atoms with Gasteiger partial charge in [-0.3, -0.25) is 4.79 Å². The molecular formula is C13H17Cl3N2OS. The van der Waals surface area contributed by atoms with Gasteiger partial charge in [-0.25, -0.2) is 0 Å². The molecule has 1 aromatic carbocycles. The van der Waals surface area contributed by atoms with Crippen LogP contribution in [0.15, 0.2) is 18.2 Å². The van der Waals surface area contributed by atoms with Gasteiger partial charge in [-0.1, -0.05) is 29.3 Å². The Morgan fingerprint density at radius 2 is 2.15 bits per heavy atom. The number of nitrogens with one attached hydrogen (secondary N) is 2. The number of thioether (sulfide) groups is 1. The van der Waals surface area contributed by atoms with Crippen molar-refractivity contribution in [3.63, 3.8) is 0 Å². The van der Waals surface area contributed by atoms with Crippen molar-refractivity contribution in [2.45, 2.75) is 5.75 Å². The number of benzene rings is 1. The Morgan fingerprint density at radius 1 is 1.40 bits per heavy atom. The Morgan fingerprint density at radius 3 is 2.75 bits per heavy atom. The van der Waals surface area contributed by atoms with Gasteiger partial charge < -0.3 is 10.6 Å². The highest BCUT2D eigenvalue weighted by Gasteiger charge is 2.16. The second-order valence-corrected chi connectivity index (χ2v) is 6.39. The van der Waals surface area contributed by atoms with Crippen LogP contribution in [0, 0.1) is 5.92 Å². The van der Waals surface area contributed by atoms with Crippen LogP contribution in [0.1, 0.15) is 5.56 Å². The molecular weight excluding hydrogens is 339 g/mol. The number of carbonyl (C=O) groups excluding carboxylic acids is 1. The summed E-state index contributed by atoms with van der Waals surface area (Å²) in [6.07, 6.45) is 0. The molecule has 1 aliphatic rings. The fourth-order valence-electron chi connectivity index (χ4n) is 1.69. The van der Waals surface area contributed by atoms with Crippen molar-refractivity contribution in [1.29, 1.82) is 0 Å². The Bertz CT molecular complexity index is 455. The average Bonchev–Trinajstić information content (AvgIpc) is 2.30. The van der Waals surface area contributed by atoms with Gasteiger partial charge in [-0.05, 0) is 17.7 Å². The average molecular weight is 356 g/mol. The van der Waals surface area contributed by atoms with Gasteiger partial charge in [0.2, 0.25) is 5.91 Å². The van der Waals surface area contributed by atoms with Crippen LogP contribution in [0.25, 0.3) is 0 Å². The van der Waals surface area contributed by atoms with Gasteiger partial charge in [-0.2, -0.15) is 0 Å². The van der Waals surface area contributed by atoms with Crippen molar-refractivity contribution in [1.82, 2.24) is 10.6 Å². The van der Waals surface area contributed by atoms with Crippen molar-refractivity contribution in [3.05, 3.63) is 33.8 Å². The molecule has 1 aromatic rings. The molecule has 2 rings (SSSR count). The van der Waals surface area contributed by atoms with E-state index >= 15 is 0 Å². The van der Waals surface area contributed by atoms with E-state index in [1.165, 1.54) is 0 Å². The molecule has 1 saturated heterocycles. The van der Waals surface area contributed by atoms with Crippen molar-refractivity contribution >= 4 is 53.3 Å². The van der Waals surface area contributed by atoms with Crippen LogP contribution in [0.2, 0.25) is 10.0 Å². The maximum atomic E-state index is 11.6. The molecule has 20 heavy (non-hydrogen) atoms. The molecule has 112 valence electrons. The first kappa shape index (κ1) is 17.9. The zero-order chi connectivity index (χ0) is 13.7. The van der Waals surface area contributed by atoms with Gasteiger partial charge in [0, 0.05) is 41.4 Å². The summed E-state index contributed by atoms with van der Waals surface area (Å²) in [5, 5.41) is 7.40. The first-order valence-corrected chi connectivity index (χ1v) is 8.05. The van der Waals surface area contributed by atoms with E-state index in [9.17, 15) is 4.79 Å². The lowest BCUT2D eigenvalue weighted by Gasteiger charge is -2.27. The Hall–Kier alpha value is -0.130. The van der Waals surface area contributed by atoms with Gasteiger partial charge in [0.1, 0.15) is 0 Å². The zero-order valence-corrected chi connectivity index (χ0v) is 14.0. The third-order valence-corrected chi connectivity index (χ3v) is 4.53. The number of rotatable bonds is 6. The lowest BCUT2D eigenvalue weighted by Crippen LogP contribution is -2.48. The van der Waals surface area contributed by atoms with Crippen LogP contribution in [-0.2, 0) is 10.5 Å². The van der Waals surface area contributed by atoms with E-state index in [0.29, 0.717) is 27.5 Å². The van der Waals surface area contributed by atoms with E-state index in [1.54, 1.807) is 17.8 Å².